The van der Waals surface area contributed by atoms with Crippen LogP contribution in [0.15, 0.2) is 22.9 Å². The molecule has 5 heterocycles. The van der Waals surface area contributed by atoms with Crippen LogP contribution in [0.5, 0.6) is 0 Å². The third-order valence-corrected chi connectivity index (χ3v) is 5.01. The Hall–Kier alpha value is -2.53. The summed E-state index contributed by atoms with van der Waals surface area (Å²) in [6, 6.07) is 1.51. The van der Waals surface area contributed by atoms with Gasteiger partial charge in [-0.2, -0.15) is 13.2 Å². The molecule has 26 heavy (non-hydrogen) atoms. The summed E-state index contributed by atoms with van der Waals surface area (Å²) in [5.74, 6) is 3.39. The van der Waals surface area contributed by atoms with E-state index in [-0.39, 0.29) is 28.8 Å². The molecular formula is C18H16F3N3O2. The molecule has 0 unspecified atom stereocenters. The number of furan rings is 1. The molecule has 1 N–H and O–H groups in total. The van der Waals surface area contributed by atoms with Gasteiger partial charge in [0.2, 0.25) is 0 Å². The zero-order chi connectivity index (χ0) is 18.3. The Balaban J connectivity index is 1.56. The molecule has 5 nitrogen and oxygen atoms in total. The quantitative estimate of drug-likeness (QED) is 0.834. The van der Waals surface area contributed by atoms with Crippen molar-refractivity contribution in [3.05, 3.63) is 29.8 Å². The Kier molecular flexibility index (Phi) is 4.11. The average molecular weight is 363 g/mol. The molecule has 0 spiro atoms. The number of fused-ring (bicyclic) bond motifs is 4. The van der Waals surface area contributed by atoms with E-state index in [4.69, 9.17) is 4.42 Å². The number of amides is 1. The molecule has 8 heteroatoms. The summed E-state index contributed by atoms with van der Waals surface area (Å²) in [6.45, 7) is 2.96. The van der Waals surface area contributed by atoms with E-state index < -0.39 is 6.18 Å². The van der Waals surface area contributed by atoms with Gasteiger partial charge < -0.3 is 14.6 Å². The smallest absolute Gasteiger partial charge is 0.458 e. The van der Waals surface area contributed by atoms with Crippen molar-refractivity contribution in [2.75, 3.05) is 19.6 Å². The highest BCUT2D eigenvalue weighted by molar-refractivity contribution is 5.97. The maximum Gasteiger partial charge on any atom is 0.458 e. The molecule has 1 atom stereocenters. The van der Waals surface area contributed by atoms with Gasteiger partial charge in [-0.15, -0.1) is 0 Å². The normalized spacial score (nSPS) is 25.0. The fraction of sp³-hybridized carbons (Fsp3) is 0.444. The predicted molar refractivity (Wildman–Crippen MR) is 87.4 cm³/mol. The van der Waals surface area contributed by atoms with Crippen LogP contribution in [0.25, 0.3) is 11.0 Å². The van der Waals surface area contributed by atoms with Crippen molar-refractivity contribution in [2.45, 2.75) is 25.1 Å². The summed E-state index contributed by atoms with van der Waals surface area (Å²) in [4.78, 5) is 18.9. The number of halogens is 3. The molecule has 3 saturated heterocycles. The lowest BCUT2D eigenvalue weighted by atomic mass is 9.84. The Morgan fingerprint density at radius 3 is 2.77 bits per heavy atom. The van der Waals surface area contributed by atoms with Crippen molar-refractivity contribution in [1.82, 2.24) is 15.2 Å². The van der Waals surface area contributed by atoms with Crippen LogP contribution in [0.2, 0.25) is 0 Å². The Morgan fingerprint density at radius 1 is 1.35 bits per heavy atom. The first-order chi connectivity index (χ1) is 12.4. The van der Waals surface area contributed by atoms with E-state index in [1.807, 2.05) is 5.92 Å². The van der Waals surface area contributed by atoms with E-state index in [1.165, 1.54) is 18.2 Å². The summed E-state index contributed by atoms with van der Waals surface area (Å²) < 4.78 is 42.1. The van der Waals surface area contributed by atoms with E-state index in [1.54, 1.807) is 0 Å². The molecule has 0 saturated carbocycles. The van der Waals surface area contributed by atoms with Crippen LogP contribution >= 0.6 is 0 Å². The number of nitrogens with zero attached hydrogens (tertiary/aromatic N) is 2. The van der Waals surface area contributed by atoms with Gasteiger partial charge in [0.15, 0.2) is 5.58 Å². The second-order valence-electron chi connectivity index (χ2n) is 6.68. The van der Waals surface area contributed by atoms with Crippen LogP contribution in [-0.4, -0.2) is 47.6 Å². The van der Waals surface area contributed by atoms with Gasteiger partial charge in [0.05, 0.1) is 11.8 Å². The van der Waals surface area contributed by atoms with Gasteiger partial charge in [-0.1, -0.05) is 5.92 Å². The first kappa shape index (κ1) is 16.9. The molecule has 3 aliphatic heterocycles. The lowest BCUT2D eigenvalue weighted by molar-refractivity contribution is -0.0696. The maximum atomic E-state index is 12.5. The van der Waals surface area contributed by atoms with Gasteiger partial charge in [-0.25, -0.2) is 4.98 Å². The van der Waals surface area contributed by atoms with Crippen molar-refractivity contribution in [3.63, 3.8) is 0 Å². The Labute approximate surface area is 147 Å². The van der Waals surface area contributed by atoms with Gasteiger partial charge in [-0.05, 0) is 37.9 Å². The molecule has 5 rings (SSSR count). The number of piperidine rings is 3. The third kappa shape index (κ3) is 3.40. The van der Waals surface area contributed by atoms with Gasteiger partial charge >= 0.3 is 6.18 Å². The predicted octanol–water partition coefficient (Wildman–Crippen LogP) is 2.57. The lowest BCUT2D eigenvalue weighted by Crippen LogP contribution is -2.57. The van der Waals surface area contributed by atoms with Gasteiger partial charge in [0.25, 0.3) is 5.91 Å². The average Bonchev–Trinajstić information content (AvgIpc) is 3.02. The van der Waals surface area contributed by atoms with E-state index in [0.29, 0.717) is 11.3 Å². The highest BCUT2D eigenvalue weighted by atomic mass is 19.4. The summed E-state index contributed by atoms with van der Waals surface area (Å²) in [5, 5.41) is 3.35. The standard InChI is InChI=1S/C18H16F3N3O2/c19-18(20,21)4-1-12-10-26-16-8-22-14(7-13(12)16)17(25)23-15-9-24-5-2-11(15)3-6-24/h7-8,10-11,15H,2-3,5-6,9H2,(H,23,25)/t15-/m0/s1. The number of pyridine rings is 1. The molecule has 2 aromatic rings. The van der Waals surface area contributed by atoms with Crippen LogP contribution in [0.1, 0.15) is 28.9 Å². The Morgan fingerprint density at radius 2 is 2.12 bits per heavy atom. The highest BCUT2D eigenvalue weighted by Gasteiger charge is 2.35. The zero-order valence-corrected chi connectivity index (χ0v) is 13.8. The van der Waals surface area contributed by atoms with Gasteiger partial charge in [-0.3, -0.25) is 4.79 Å². The van der Waals surface area contributed by atoms with Gasteiger partial charge in [0.1, 0.15) is 12.0 Å². The molecule has 2 bridgehead atoms. The number of alkyl halides is 3. The minimum absolute atomic E-state index is 0.0799. The van der Waals surface area contributed by atoms with Crippen molar-refractivity contribution in [3.8, 4) is 11.8 Å². The number of carbonyl (C=O) groups is 1. The fourth-order valence-corrected chi connectivity index (χ4v) is 3.66. The molecular weight excluding hydrogens is 347 g/mol. The van der Waals surface area contributed by atoms with E-state index in [0.717, 1.165) is 38.7 Å². The summed E-state index contributed by atoms with van der Waals surface area (Å²) >= 11 is 0. The second kappa shape index (κ2) is 6.32. The number of nitrogens with one attached hydrogen (secondary N) is 1. The van der Waals surface area contributed by atoms with Crippen molar-refractivity contribution in [1.29, 1.82) is 0 Å². The number of hydrogen-bond acceptors (Lipinski definition) is 4. The van der Waals surface area contributed by atoms with Crippen molar-refractivity contribution < 1.29 is 22.4 Å². The molecule has 3 fully saturated rings. The summed E-state index contributed by atoms with van der Waals surface area (Å²) in [5.41, 5.74) is 0.512. The van der Waals surface area contributed by atoms with Crippen molar-refractivity contribution >= 4 is 16.9 Å². The van der Waals surface area contributed by atoms with E-state index >= 15 is 0 Å². The van der Waals surface area contributed by atoms with Gasteiger partial charge in [0, 0.05) is 23.9 Å². The molecule has 136 valence electrons. The second-order valence-corrected chi connectivity index (χ2v) is 6.68. The van der Waals surface area contributed by atoms with Crippen LogP contribution in [-0.2, 0) is 0 Å². The number of rotatable bonds is 2. The fourth-order valence-electron chi connectivity index (χ4n) is 3.66. The monoisotopic (exact) mass is 363 g/mol. The summed E-state index contributed by atoms with van der Waals surface area (Å²) in [7, 11) is 0. The number of aromatic nitrogens is 1. The minimum Gasteiger partial charge on any atom is -0.461 e. The SMILES string of the molecule is O=C(N[C@H]1CN2CCC1CC2)c1cc2c(C#CC(F)(F)F)coc2cn1. The van der Waals surface area contributed by atoms with Crippen LogP contribution in [0, 0.1) is 17.8 Å². The van der Waals surface area contributed by atoms with Crippen LogP contribution in [0.4, 0.5) is 13.2 Å². The maximum absolute atomic E-state index is 12.5. The van der Waals surface area contributed by atoms with Crippen LogP contribution < -0.4 is 5.32 Å². The molecule has 0 aromatic carbocycles. The molecule has 2 aromatic heterocycles. The highest BCUT2D eigenvalue weighted by Crippen LogP contribution is 2.28. The molecule has 0 radical (unpaired) electrons. The Bertz CT molecular complexity index is 902. The number of hydrogen-bond donors (Lipinski definition) is 1. The van der Waals surface area contributed by atoms with Crippen LogP contribution in [0.3, 0.4) is 0 Å². The largest absolute Gasteiger partial charge is 0.461 e. The number of carbonyl (C=O) groups excluding carboxylic acids is 1. The topological polar surface area (TPSA) is 58.4 Å². The van der Waals surface area contributed by atoms with E-state index in [2.05, 4.69) is 15.2 Å². The molecule has 0 aliphatic carbocycles. The minimum atomic E-state index is -4.59. The first-order valence-corrected chi connectivity index (χ1v) is 8.39. The lowest BCUT2D eigenvalue weighted by Gasteiger charge is -2.44. The molecule has 1 amide bonds. The zero-order valence-electron chi connectivity index (χ0n) is 13.8. The third-order valence-electron chi connectivity index (χ3n) is 5.01. The van der Waals surface area contributed by atoms with Crippen molar-refractivity contribution in [2.24, 2.45) is 5.92 Å². The van der Waals surface area contributed by atoms with E-state index in [9.17, 15) is 18.0 Å². The summed E-state index contributed by atoms with van der Waals surface area (Å²) in [6.07, 6.45) is 0.0127. The first-order valence-electron chi connectivity index (χ1n) is 8.39. The molecule has 3 aliphatic rings.